The van der Waals surface area contributed by atoms with E-state index in [4.69, 9.17) is 55.9 Å². The van der Waals surface area contributed by atoms with Crippen molar-refractivity contribution in [3.8, 4) is 5.75 Å². The lowest BCUT2D eigenvalue weighted by atomic mass is 10.1. The zero-order chi connectivity index (χ0) is 18.6. The molecule has 0 aliphatic carbocycles. The van der Waals surface area contributed by atoms with E-state index in [1.165, 1.54) is 37.3 Å². The van der Waals surface area contributed by atoms with Crippen molar-refractivity contribution < 1.29 is 19.1 Å². The third-order valence-corrected chi connectivity index (χ3v) is 4.18. The first-order chi connectivity index (χ1) is 11.8. The lowest BCUT2D eigenvalue weighted by Gasteiger charge is -2.15. The van der Waals surface area contributed by atoms with Gasteiger partial charge in [-0.15, -0.1) is 0 Å². The van der Waals surface area contributed by atoms with E-state index in [2.05, 4.69) is 0 Å². The van der Waals surface area contributed by atoms with Crippen molar-refractivity contribution in [1.82, 2.24) is 0 Å². The molecule has 0 amide bonds. The fraction of sp³-hybridized carbons (Fsp3) is 0.176. The SMILES string of the molecule is CC(Oc1ccc(Cl)cc1Cl)C(=O)OCC(=O)c1ccc(Cl)cc1Cl. The van der Waals surface area contributed by atoms with E-state index >= 15 is 0 Å². The minimum Gasteiger partial charge on any atom is -0.477 e. The van der Waals surface area contributed by atoms with Crippen LogP contribution < -0.4 is 4.74 Å². The van der Waals surface area contributed by atoms with Gasteiger partial charge in [0.1, 0.15) is 5.75 Å². The van der Waals surface area contributed by atoms with Crippen LogP contribution in [0.5, 0.6) is 5.75 Å². The molecule has 0 aliphatic rings. The molecule has 0 aromatic heterocycles. The van der Waals surface area contributed by atoms with Gasteiger partial charge in [-0.25, -0.2) is 4.79 Å². The van der Waals surface area contributed by atoms with Gasteiger partial charge in [-0.05, 0) is 43.3 Å². The maximum atomic E-state index is 12.1. The zero-order valence-corrected chi connectivity index (χ0v) is 15.9. The minimum absolute atomic E-state index is 0.186. The van der Waals surface area contributed by atoms with Crippen molar-refractivity contribution >= 4 is 58.2 Å². The summed E-state index contributed by atoms with van der Waals surface area (Å²) in [6.07, 6.45) is -0.966. The maximum Gasteiger partial charge on any atom is 0.347 e. The molecule has 1 unspecified atom stereocenters. The van der Waals surface area contributed by atoms with Crippen molar-refractivity contribution in [2.24, 2.45) is 0 Å². The highest BCUT2D eigenvalue weighted by Crippen LogP contribution is 2.28. The number of hydrogen-bond donors (Lipinski definition) is 0. The molecule has 0 radical (unpaired) electrons. The van der Waals surface area contributed by atoms with Gasteiger partial charge in [0.2, 0.25) is 5.78 Å². The van der Waals surface area contributed by atoms with E-state index in [0.29, 0.717) is 10.0 Å². The Morgan fingerprint density at radius 3 is 2.16 bits per heavy atom. The van der Waals surface area contributed by atoms with Crippen LogP contribution in [0.4, 0.5) is 0 Å². The number of carbonyl (C=O) groups is 2. The van der Waals surface area contributed by atoms with Gasteiger partial charge in [-0.1, -0.05) is 46.4 Å². The van der Waals surface area contributed by atoms with Gasteiger partial charge in [0.25, 0.3) is 0 Å². The number of carbonyl (C=O) groups excluding carboxylic acids is 2. The summed E-state index contributed by atoms with van der Waals surface area (Å²) in [6.45, 7) is 1.01. The summed E-state index contributed by atoms with van der Waals surface area (Å²) in [4.78, 5) is 24.1. The van der Waals surface area contributed by atoms with Gasteiger partial charge in [-0.3, -0.25) is 4.79 Å². The van der Waals surface area contributed by atoms with E-state index in [9.17, 15) is 9.59 Å². The van der Waals surface area contributed by atoms with Crippen LogP contribution >= 0.6 is 46.4 Å². The van der Waals surface area contributed by atoms with Crippen LogP contribution in [-0.2, 0) is 9.53 Å². The van der Waals surface area contributed by atoms with Crippen LogP contribution in [-0.4, -0.2) is 24.5 Å². The van der Waals surface area contributed by atoms with Crippen molar-refractivity contribution in [2.45, 2.75) is 13.0 Å². The fourth-order valence-corrected chi connectivity index (χ4v) is 2.82. The Morgan fingerprint density at radius 1 is 0.960 bits per heavy atom. The highest BCUT2D eigenvalue weighted by molar-refractivity contribution is 6.37. The molecule has 0 spiro atoms. The Bertz CT molecular complexity index is 807. The van der Waals surface area contributed by atoms with E-state index in [1.54, 1.807) is 6.07 Å². The Hall–Kier alpha value is -1.46. The van der Waals surface area contributed by atoms with Gasteiger partial charge in [0.05, 0.1) is 10.0 Å². The van der Waals surface area contributed by atoms with E-state index in [1.807, 2.05) is 0 Å². The Morgan fingerprint density at radius 2 is 1.56 bits per heavy atom. The van der Waals surface area contributed by atoms with Gasteiger partial charge in [0, 0.05) is 15.6 Å². The highest BCUT2D eigenvalue weighted by Gasteiger charge is 2.20. The predicted molar refractivity (Wildman–Crippen MR) is 98.3 cm³/mol. The smallest absolute Gasteiger partial charge is 0.347 e. The average molecular weight is 422 g/mol. The number of halogens is 4. The molecular formula is C17H12Cl4O4. The summed E-state index contributed by atoms with van der Waals surface area (Å²) in [5.74, 6) is -0.890. The minimum atomic E-state index is -0.966. The van der Waals surface area contributed by atoms with Crippen LogP contribution in [0.1, 0.15) is 17.3 Å². The fourth-order valence-electron chi connectivity index (χ4n) is 1.86. The number of ketones is 1. The maximum absolute atomic E-state index is 12.1. The number of hydrogen-bond acceptors (Lipinski definition) is 4. The molecule has 2 aromatic rings. The molecule has 2 aromatic carbocycles. The summed E-state index contributed by atoms with van der Waals surface area (Å²) >= 11 is 23.5. The Kier molecular flexibility index (Phi) is 6.96. The molecule has 0 N–H and O–H groups in total. The molecule has 0 bridgehead atoms. The number of ether oxygens (including phenoxy) is 2. The average Bonchev–Trinajstić information content (AvgIpc) is 2.54. The molecule has 0 aliphatic heterocycles. The second-order valence-electron chi connectivity index (χ2n) is 4.99. The molecular weight excluding hydrogens is 410 g/mol. The van der Waals surface area contributed by atoms with Crippen LogP contribution in [0.2, 0.25) is 20.1 Å². The van der Waals surface area contributed by atoms with Gasteiger partial charge in [-0.2, -0.15) is 0 Å². The third-order valence-electron chi connectivity index (χ3n) is 3.11. The number of Topliss-reactive ketones (excluding diaryl/α,β-unsaturated/α-hetero) is 1. The van der Waals surface area contributed by atoms with Crippen molar-refractivity contribution in [2.75, 3.05) is 6.61 Å². The second-order valence-corrected chi connectivity index (χ2v) is 6.68. The van der Waals surface area contributed by atoms with E-state index in [-0.39, 0.29) is 21.4 Å². The largest absolute Gasteiger partial charge is 0.477 e. The summed E-state index contributed by atoms with van der Waals surface area (Å²) in [5.41, 5.74) is 0.216. The molecule has 25 heavy (non-hydrogen) atoms. The number of esters is 1. The first-order valence-electron chi connectivity index (χ1n) is 7.04. The molecule has 132 valence electrons. The summed E-state index contributed by atoms with van der Waals surface area (Å²) < 4.78 is 10.4. The highest BCUT2D eigenvalue weighted by atomic mass is 35.5. The second kappa shape index (κ2) is 8.77. The Labute approximate surface area is 164 Å². The normalized spacial score (nSPS) is 11.7. The molecule has 2 rings (SSSR count). The molecule has 0 heterocycles. The first kappa shape index (κ1) is 19.9. The van der Waals surface area contributed by atoms with Crippen molar-refractivity contribution in [3.63, 3.8) is 0 Å². The number of benzene rings is 2. The predicted octanol–water partition coefficient (Wildman–Crippen LogP) is 5.49. The monoisotopic (exact) mass is 420 g/mol. The van der Waals surface area contributed by atoms with Gasteiger partial charge >= 0.3 is 5.97 Å². The first-order valence-corrected chi connectivity index (χ1v) is 8.55. The van der Waals surface area contributed by atoms with E-state index in [0.717, 1.165) is 0 Å². The van der Waals surface area contributed by atoms with Gasteiger partial charge in [0.15, 0.2) is 12.7 Å². The molecule has 4 nitrogen and oxygen atoms in total. The quantitative estimate of drug-likeness (QED) is 0.456. The van der Waals surface area contributed by atoms with Crippen LogP contribution in [0.3, 0.4) is 0 Å². The summed E-state index contributed by atoms with van der Waals surface area (Å²) in [6, 6.07) is 9.03. The Balaban J connectivity index is 1.93. The third kappa shape index (κ3) is 5.51. The number of rotatable bonds is 6. The van der Waals surface area contributed by atoms with E-state index < -0.39 is 24.5 Å². The molecule has 0 saturated heterocycles. The van der Waals surface area contributed by atoms with Crippen molar-refractivity contribution in [1.29, 1.82) is 0 Å². The van der Waals surface area contributed by atoms with Gasteiger partial charge < -0.3 is 9.47 Å². The molecule has 1 atom stereocenters. The standard InChI is InChI=1S/C17H12Cl4O4/c1-9(25-16-5-3-11(19)7-14(16)21)17(23)24-8-15(22)12-4-2-10(18)6-13(12)20/h2-7,9H,8H2,1H3. The molecule has 8 heteroatoms. The van der Waals surface area contributed by atoms with Crippen molar-refractivity contribution in [3.05, 3.63) is 62.1 Å². The molecule has 0 saturated carbocycles. The molecule has 0 fully saturated rings. The summed E-state index contributed by atoms with van der Waals surface area (Å²) in [7, 11) is 0. The topological polar surface area (TPSA) is 52.6 Å². The summed E-state index contributed by atoms with van der Waals surface area (Å²) in [5, 5.41) is 1.29. The van der Waals surface area contributed by atoms with Crippen LogP contribution in [0.25, 0.3) is 0 Å². The van der Waals surface area contributed by atoms with Crippen LogP contribution in [0.15, 0.2) is 36.4 Å². The zero-order valence-electron chi connectivity index (χ0n) is 12.9. The lowest BCUT2D eigenvalue weighted by molar-refractivity contribution is -0.149. The van der Waals surface area contributed by atoms with Crippen LogP contribution in [0, 0.1) is 0 Å². The lowest BCUT2D eigenvalue weighted by Crippen LogP contribution is -2.28.